The fourth-order valence-corrected chi connectivity index (χ4v) is 3.59. The molecule has 0 aromatic carbocycles. The van der Waals surface area contributed by atoms with Crippen LogP contribution in [0.2, 0.25) is 0 Å². The average molecular weight is 293 g/mol. The van der Waals surface area contributed by atoms with Crippen LogP contribution in [0.3, 0.4) is 0 Å². The van der Waals surface area contributed by atoms with E-state index in [2.05, 4.69) is 22.8 Å². The van der Waals surface area contributed by atoms with Crippen molar-refractivity contribution in [1.82, 2.24) is 10.6 Å². The van der Waals surface area contributed by atoms with E-state index in [1.54, 1.807) is 0 Å². The SMILES string of the molecule is N[C@@H]1C=C[C@H](NCCCNCC2CCCCCC2)CCC1. The van der Waals surface area contributed by atoms with E-state index in [1.807, 2.05) is 0 Å². The molecule has 0 bridgehead atoms. The molecule has 2 aliphatic carbocycles. The van der Waals surface area contributed by atoms with Crippen molar-refractivity contribution < 1.29 is 0 Å². The van der Waals surface area contributed by atoms with Crippen LogP contribution >= 0.6 is 0 Å². The molecule has 3 nitrogen and oxygen atoms in total. The van der Waals surface area contributed by atoms with E-state index >= 15 is 0 Å². The number of rotatable bonds is 7. The maximum absolute atomic E-state index is 5.95. The second-order valence-corrected chi connectivity index (χ2v) is 6.96. The van der Waals surface area contributed by atoms with Gasteiger partial charge in [0.25, 0.3) is 0 Å². The molecule has 0 heterocycles. The molecule has 2 rings (SSSR count). The summed E-state index contributed by atoms with van der Waals surface area (Å²) in [5.74, 6) is 0.937. The Morgan fingerprint density at radius 1 is 0.857 bits per heavy atom. The summed E-state index contributed by atoms with van der Waals surface area (Å²) < 4.78 is 0. The van der Waals surface area contributed by atoms with Crippen LogP contribution in [0.5, 0.6) is 0 Å². The molecule has 0 amide bonds. The highest BCUT2D eigenvalue weighted by molar-refractivity contribution is 5.01. The first-order valence-corrected chi connectivity index (χ1v) is 9.22. The van der Waals surface area contributed by atoms with Gasteiger partial charge >= 0.3 is 0 Å². The van der Waals surface area contributed by atoms with Crippen molar-refractivity contribution in [3.8, 4) is 0 Å². The van der Waals surface area contributed by atoms with Crippen LogP contribution in [0, 0.1) is 5.92 Å². The molecule has 21 heavy (non-hydrogen) atoms. The van der Waals surface area contributed by atoms with Crippen molar-refractivity contribution in [3.63, 3.8) is 0 Å². The zero-order valence-electron chi connectivity index (χ0n) is 13.7. The van der Waals surface area contributed by atoms with Crippen molar-refractivity contribution >= 4 is 0 Å². The summed E-state index contributed by atoms with van der Waals surface area (Å²) in [6, 6.07) is 0.818. The standard InChI is InChI=1S/C18H35N3/c19-17-9-5-10-18(12-11-17)21-14-6-13-20-15-16-7-3-1-2-4-8-16/h11-12,16-18,20-21H,1-10,13-15,19H2/t17-,18+/m0/s1. The molecule has 0 spiro atoms. The fourth-order valence-electron chi connectivity index (χ4n) is 3.59. The Kier molecular flexibility index (Phi) is 8.38. The van der Waals surface area contributed by atoms with Gasteiger partial charge in [-0.2, -0.15) is 0 Å². The molecule has 0 aromatic heterocycles. The highest BCUT2D eigenvalue weighted by Gasteiger charge is 2.12. The number of hydrogen-bond acceptors (Lipinski definition) is 3. The van der Waals surface area contributed by atoms with Crippen LogP contribution in [0.4, 0.5) is 0 Å². The second-order valence-electron chi connectivity index (χ2n) is 6.96. The fraction of sp³-hybridized carbons (Fsp3) is 0.889. The quantitative estimate of drug-likeness (QED) is 0.384. The van der Waals surface area contributed by atoms with Crippen molar-refractivity contribution in [1.29, 1.82) is 0 Å². The number of nitrogens with one attached hydrogen (secondary N) is 2. The summed E-state index contributed by atoms with van der Waals surface area (Å²) in [6.45, 7) is 3.50. The molecule has 0 aromatic rings. The van der Waals surface area contributed by atoms with Crippen molar-refractivity contribution in [3.05, 3.63) is 12.2 Å². The Hall–Kier alpha value is -0.380. The van der Waals surface area contributed by atoms with Gasteiger partial charge in [-0.05, 0) is 64.1 Å². The monoisotopic (exact) mass is 293 g/mol. The first-order valence-electron chi connectivity index (χ1n) is 9.22. The van der Waals surface area contributed by atoms with Gasteiger partial charge in [0.2, 0.25) is 0 Å². The minimum absolute atomic E-state index is 0.276. The second kappa shape index (κ2) is 10.4. The zero-order chi connectivity index (χ0) is 14.8. The van der Waals surface area contributed by atoms with Crippen LogP contribution < -0.4 is 16.4 Å². The van der Waals surface area contributed by atoms with Gasteiger partial charge in [0, 0.05) is 12.1 Å². The molecule has 1 fully saturated rings. The summed E-state index contributed by atoms with van der Waals surface area (Å²) in [5, 5.41) is 7.31. The molecular weight excluding hydrogens is 258 g/mol. The number of hydrogen-bond donors (Lipinski definition) is 3. The molecule has 0 unspecified atom stereocenters. The Morgan fingerprint density at radius 2 is 1.67 bits per heavy atom. The summed E-state index contributed by atoms with van der Waals surface area (Å²) >= 11 is 0. The van der Waals surface area contributed by atoms with Gasteiger partial charge in [-0.25, -0.2) is 0 Å². The van der Waals surface area contributed by atoms with Crippen LogP contribution in [-0.2, 0) is 0 Å². The Morgan fingerprint density at radius 3 is 2.48 bits per heavy atom. The smallest absolute Gasteiger partial charge is 0.0250 e. The predicted molar refractivity (Wildman–Crippen MR) is 91.4 cm³/mol. The highest BCUT2D eigenvalue weighted by atomic mass is 14.9. The molecular formula is C18H35N3. The van der Waals surface area contributed by atoms with Gasteiger partial charge in [0.1, 0.15) is 0 Å². The molecule has 3 heteroatoms. The van der Waals surface area contributed by atoms with Gasteiger partial charge in [-0.1, -0.05) is 37.8 Å². The van der Waals surface area contributed by atoms with Gasteiger partial charge in [0.05, 0.1) is 0 Å². The summed E-state index contributed by atoms with van der Waals surface area (Å²) in [5.41, 5.74) is 5.95. The first-order chi connectivity index (χ1) is 10.3. The molecule has 0 aliphatic heterocycles. The topological polar surface area (TPSA) is 50.1 Å². The summed E-state index contributed by atoms with van der Waals surface area (Å²) in [4.78, 5) is 0. The van der Waals surface area contributed by atoms with E-state index < -0.39 is 0 Å². The first kappa shape index (κ1) is 17.0. The third kappa shape index (κ3) is 7.44. The molecule has 4 N–H and O–H groups in total. The lowest BCUT2D eigenvalue weighted by Gasteiger charge is -2.16. The molecule has 122 valence electrons. The van der Waals surface area contributed by atoms with Crippen molar-refractivity contribution in [2.24, 2.45) is 11.7 Å². The van der Waals surface area contributed by atoms with Crippen LogP contribution in [0.25, 0.3) is 0 Å². The highest BCUT2D eigenvalue weighted by Crippen LogP contribution is 2.21. The molecule has 2 atom stereocenters. The molecule has 0 saturated heterocycles. The van der Waals surface area contributed by atoms with E-state index in [1.165, 1.54) is 64.3 Å². The number of nitrogens with two attached hydrogens (primary N) is 1. The molecule has 2 aliphatic rings. The third-order valence-electron chi connectivity index (χ3n) is 4.99. The van der Waals surface area contributed by atoms with Gasteiger partial charge in [-0.15, -0.1) is 0 Å². The van der Waals surface area contributed by atoms with Crippen molar-refractivity contribution in [2.75, 3.05) is 19.6 Å². The minimum atomic E-state index is 0.276. The Labute approximate surface area is 131 Å². The van der Waals surface area contributed by atoms with Gasteiger partial charge < -0.3 is 16.4 Å². The van der Waals surface area contributed by atoms with Crippen LogP contribution in [0.1, 0.15) is 64.2 Å². The molecule has 0 radical (unpaired) electrons. The summed E-state index contributed by atoms with van der Waals surface area (Å²) in [7, 11) is 0. The van der Waals surface area contributed by atoms with Crippen LogP contribution in [0.15, 0.2) is 12.2 Å². The Bertz CT molecular complexity index is 282. The summed E-state index contributed by atoms with van der Waals surface area (Å²) in [6.07, 6.45) is 18.0. The van der Waals surface area contributed by atoms with Crippen molar-refractivity contribution in [2.45, 2.75) is 76.3 Å². The normalized spacial score (nSPS) is 28.2. The van der Waals surface area contributed by atoms with E-state index in [-0.39, 0.29) is 6.04 Å². The lowest BCUT2D eigenvalue weighted by atomic mass is 10.0. The van der Waals surface area contributed by atoms with E-state index in [4.69, 9.17) is 5.73 Å². The lowest BCUT2D eigenvalue weighted by Crippen LogP contribution is -2.31. The maximum Gasteiger partial charge on any atom is 0.0250 e. The zero-order valence-corrected chi connectivity index (χ0v) is 13.7. The maximum atomic E-state index is 5.95. The van der Waals surface area contributed by atoms with E-state index in [0.717, 1.165) is 25.4 Å². The lowest BCUT2D eigenvalue weighted by molar-refractivity contribution is 0.420. The average Bonchev–Trinajstić information content (AvgIpc) is 2.86. The largest absolute Gasteiger partial charge is 0.324 e. The van der Waals surface area contributed by atoms with Gasteiger partial charge in [0.15, 0.2) is 0 Å². The minimum Gasteiger partial charge on any atom is -0.324 e. The van der Waals surface area contributed by atoms with Crippen LogP contribution in [-0.4, -0.2) is 31.7 Å². The van der Waals surface area contributed by atoms with E-state index in [9.17, 15) is 0 Å². The van der Waals surface area contributed by atoms with E-state index in [0.29, 0.717) is 6.04 Å². The predicted octanol–water partition coefficient (Wildman–Crippen LogP) is 2.96. The Balaban J connectivity index is 1.47. The van der Waals surface area contributed by atoms with Gasteiger partial charge in [-0.3, -0.25) is 0 Å². The molecule has 1 saturated carbocycles. The third-order valence-corrected chi connectivity index (χ3v) is 4.99.